The van der Waals surface area contributed by atoms with Crippen LogP contribution in [0.25, 0.3) is 0 Å². The first-order valence-electron chi connectivity index (χ1n) is 9.50. The molecule has 1 saturated carbocycles. The molecule has 0 unspecified atom stereocenters. The SMILES string of the molecule is CCOC(=O)CC(=O)Cn1nc(C2CCN(C(=O)C3CC3)CC2)n(C)c1=O. The Morgan fingerprint density at radius 1 is 1.15 bits per heavy atom. The van der Waals surface area contributed by atoms with Crippen molar-refractivity contribution in [2.24, 2.45) is 13.0 Å². The summed E-state index contributed by atoms with van der Waals surface area (Å²) in [6.45, 7) is 2.97. The molecule has 1 saturated heterocycles. The average molecular weight is 378 g/mol. The molecule has 27 heavy (non-hydrogen) atoms. The van der Waals surface area contributed by atoms with Crippen LogP contribution in [0.1, 0.15) is 50.8 Å². The maximum absolute atomic E-state index is 12.4. The molecule has 2 fully saturated rings. The van der Waals surface area contributed by atoms with Crippen LogP contribution in [-0.4, -0.2) is 56.6 Å². The van der Waals surface area contributed by atoms with Crippen LogP contribution in [0, 0.1) is 5.92 Å². The topological polar surface area (TPSA) is 104 Å². The van der Waals surface area contributed by atoms with Crippen molar-refractivity contribution < 1.29 is 19.1 Å². The van der Waals surface area contributed by atoms with Crippen LogP contribution in [0.2, 0.25) is 0 Å². The van der Waals surface area contributed by atoms with Crippen molar-refractivity contribution in [3.63, 3.8) is 0 Å². The van der Waals surface area contributed by atoms with Gasteiger partial charge in [-0.3, -0.25) is 19.0 Å². The fourth-order valence-electron chi connectivity index (χ4n) is 3.51. The zero-order chi connectivity index (χ0) is 19.6. The molecule has 2 aliphatic rings. The number of piperidine rings is 1. The van der Waals surface area contributed by atoms with Gasteiger partial charge < -0.3 is 9.64 Å². The molecule has 1 aliphatic heterocycles. The van der Waals surface area contributed by atoms with Gasteiger partial charge in [0.1, 0.15) is 18.8 Å². The van der Waals surface area contributed by atoms with Crippen molar-refractivity contribution in [2.45, 2.75) is 51.5 Å². The van der Waals surface area contributed by atoms with E-state index in [2.05, 4.69) is 5.10 Å². The first-order valence-corrected chi connectivity index (χ1v) is 9.50. The molecule has 0 atom stereocenters. The Balaban J connectivity index is 1.61. The quantitative estimate of drug-likeness (QED) is 0.497. The van der Waals surface area contributed by atoms with Gasteiger partial charge in [0.05, 0.1) is 6.61 Å². The first-order chi connectivity index (χ1) is 12.9. The molecule has 0 radical (unpaired) electrons. The van der Waals surface area contributed by atoms with E-state index in [0.29, 0.717) is 18.9 Å². The highest BCUT2D eigenvalue weighted by molar-refractivity contribution is 5.95. The van der Waals surface area contributed by atoms with E-state index < -0.39 is 11.8 Å². The molecule has 3 rings (SSSR count). The number of carbonyl (C=O) groups is 3. The molecule has 0 N–H and O–H groups in total. The number of hydrogen-bond donors (Lipinski definition) is 0. The number of carbonyl (C=O) groups excluding carboxylic acids is 3. The number of aromatic nitrogens is 3. The first kappa shape index (κ1) is 19.3. The lowest BCUT2D eigenvalue weighted by molar-refractivity contribution is -0.145. The predicted molar refractivity (Wildman–Crippen MR) is 95.0 cm³/mol. The van der Waals surface area contributed by atoms with Crippen molar-refractivity contribution >= 4 is 17.7 Å². The van der Waals surface area contributed by atoms with Gasteiger partial charge in [-0.05, 0) is 32.6 Å². The molecule has 2 heterocycles. The Hall–Kier alpha value is -2.45. The third kappa shape index (κ3) is 4.45. The highest BCUT2D eigenvalue weighted by Gasteiger charge is 2.36. The number of Topliss-reactive ketones (excluding diaryl/α,β-unsaturated/α-hetero) is 1. The molecule has 0 bridgehead atoms. The van der Waals surface area contributed by atoms with E-state index in [-0.39, 0.29) is 43.0 Å². The van der Waals surface area contributed by atoms with Gasteiger partial charge >= 0.3 is 11.7 Å². The second-order valence-corrected chi connectivity index (χ2v) is 7.25. The summed E-state index contributed by atoms with van der Waals surface area (Å²) < 4.78 is 7.32. The third-order valence-corrected chi connectivity index (χ3v) is 5.15. The van der Waals surface area contributed by atoms with E-state index in [1.165, 1.54) is 4.57 Å². The monoisotopic (exact) mass is 378 g/mol. The molecule has 1 aromatic rings. The maximum Gasteiger partial charge on any atom is 0.346 e. The molecule has 1 aliphatic carbocycles. The second kappa shape index (κ2) is 8.06. The van der Waals surface area contributed by atoms with Crippen LogP contribution < -0.4 is 5.69 Å². The summed E-state index contributed by atoms with van der Waals surface area (Å²) in [5, 5.41) is 4.33. The molecule has 148 valence electrons. The number of rotatable bonds is 7. The molecule has 0 spiro atoms. The van der Waals surface area contributed by atoms with Crippen molar-refractivity contribution in [3.8, 4) is 0 Å². The van der Waals surface area contributed by atoms with Crippen molar-refractivity contribution in [1.29, 1.82) is 0 Å². The number of esters is 1. The van der Waals surface area contributed by atoms with E-state index in [1.807, 2.05) is 4.90 Å². The standard InChI is InChI=1S/C18H26N4O5/c1-3-27-15(24)10-14(23)11-22-18(26)20(2)16(19-22)12-6-8-21(9-7-12)17(25)13-4-5-13/h12-13H,3-11H2,1-2H3. The molecule has 1 aromatic heterocycles. The minimum absolute atomic E-state index is 0.0763. The smallest absolute Gasteiger partial charge is 0.346 e. The summed E-state index contributed by atoms with van der Waals surface area (Å²) in [5.74, 6) is 0.159. The fourth-order valence-corrected chi connectivity index (χ4v) is 3.51. The zero-order valence-electron chi connectivity index (χ0n) is 15.8. The fraction of sp³-hybridized carbons (Fsp3) is 0.722. The van der Waals surface area contributed by atoms with Crippen LogP contribution in [-0.2, 0) is 32.7 Å². The highest BCUT2D eigenvalue weighted by Crippen LogP contribution is 2.33. The lowest BCUT2D eigenvalue weighted by Gasteiger charge is -2.31. The molecular weight excluding hydrogens is 352 g/mol. The summed E-state index contributed by atoms with van der Waals surface area (Å²) in [6, 6.07) is 0. The lowest BCUT2D eigenvalue weighted by Crippen LogP contribution is -2.39. The van der Waals surface area contributed by atoms with Crippen LogP contribution in [0.3, 0.4) is 0 Å². The minimum atomic E-state index is -0.598. The Bertz CT molecular complexity index is 784. The van der Waals surface area contributed by atoms with E-state index in [1.54, 1.807) is 14.0 Å². The largest absolute Gasteiger partial charge is 0.466 e. The second-order valence-electron chi connectivity index (χ2n) is 7.25. The van der Waals surface area contributed by atoms with E-state index in [9.17, 15) is 19.2 Å². The Labute approximate surface area is 157 Å². The maximum atomic E-state index is 12.4. The van der Waals surface area contributed by atoms with Crippen LogP contribution >= 0.6 is 0 Å². The van der Waals surface area contributed by atoms with Gasteiger partial charge in [-0.1, -0.05) is 0 Å². The van der Waals surface area contributed by atoms with Crippen LogP contribution in [0.15, 0.2) is 4.79 Å². The Morgan fingerprint density at radius 3 is 2.41 bits per heavy atom. The van der Waals surface area contributed by atoms with Gasteiger partial charge in [0.15, 0.2) is 5.78 Å². The summed E-state index contributed by atoms with van der Waals surface area (Å²) in [7, 11) is 1.64. The molecule has 9 heteroatoms. The van der Waals surface area contributed by atoms with E-state index in [4.69, 9.17) is 4.74 Å². The lowest BCUT2D eigenvalue weighted by atomic mass is 9.95. The Kier molecular flexibility index (Phi) is 5.76. The average Bonchev–Trinajstić information content (AvgIpc) is 3.45. The number of nitrogens with zero attached hydrogens (tertiary/aromatic N) is 4. The number of likely N-dealkylation sites (tertiary alicyclic amines) is 1. The summed E-state index contributed by atoms with van der Waals surface area (Å²) in [4.78, 5) is 49.8. The van der Waals surface area contributed by atoms with E-state index >= 15 is 0 Å². The summed E-state index contributed by atoms with van der Waals surface area (Å²) >= 11 is 0. The number of amides is 1. The van der Waals surface area contributed by atoms with Gasteiger partial charge in [-0.2, -0.15) is 5.10 Å². The van der Waals surface area contributed by atoms with Crippen molar-refractivity contribution in [1.82, 2.24) is 19.2 Å². The summed E-state index contributed by atoms with van der Waals surface area (Å²) in [6.07, 6.45) is 3.13. The molecule has 1 amide bonds. The molecular formula is C18H26N4O5. The Morgan fingerprint density at radius 2 is 1.81 bits per heavy atom. The van der Waals surface area contributed by atoms with E-state index in [0.717, 1.165) is 30.4 Å². The van der Waals surface area contributed by atoms with Crippen molar-refractivity contribution in [3.05, 3.63) is 16.3 Å². The molecule has 9 nitrogen and oxygen atoms in total. The van der Waals surface area contributed by atoms with Gasteiger partial charge in [-0.25, -0.2) is 9.48 Å². The van der Waals surface area contributed by atoms with Gasteiger partial charge in [0, 0.05) is 32.0 Å². The summed E-state index contributed by atoms with van der Waals surface area (Å²) in [5.41, 5.74) is -0.376. The van der Waals surface area contributed by atoms with Crippen LogP contribution in [0.5, 0.6) is 0 Å². The predicted octanol–water partition coefficient (Wildman–Crippen LogP) is 0.220. The third-order valence-electron chi connectivity index (χ3n) is 5.15. The highest BCUT2D eigenvalue weighted by atomic mass is 16.5. The van der Waals surface area contributed by atoms with Gasteiger partial charge in [0.2, 0.25) is 5.91 Å². The normalized spacial score (nSPS) is 17.8. The van der Waals surface area contributed by atoms with Gasteiger partial charge in [-0.15, -0.1) is 0 Å². The number of hydrogen-bond acceptors (Lipinski definition) is 6. The number of ether oxygens (including phenoxy) is 1. The van der Waals surface area contributed by atoms with Gasteiger partial charge in [0.25, 0.3) is 0 Å². The zero-order valence-corrected chi connectivity index (χ0v) is 15.8. The van der Waals surface area contributed by atoms with Crippen molar-refractivity contribution in [2.75, 3.05) is 19.7 Å². The number of ketones is 1. The minimum Gasteiger partial charge on any atom is -0.466 e. The molecule has 0 aromatic carbocycles. The van der Waals surface area contributed by atoms with Crippen LogP contribution in [0.4, 0.5) is 0 Å².